The van der Waals surface area contributed by atoms with Gasteiger partial charge in [0.2, 0.25) is 5.91 Å². The van der Waals surface area contributed by atoms with E-state index in [1.165, 1.54) is 18.2 Å². The topological polar surface area (TPSA) is 49.3 Å². The Hall–Kier alpha value is -1.86. The van der Waals surface area contributed by atoms with Crippen molar-refractivity contribution < 1.29 is 14.3 Å². The van der Waals surface area contributed by atoms with Gasteiger partial charge in [0.25, 0.3) is 0 Å². The van der Waals surface area contributed by atoms with Crippen LogP contribution in [0.3, 0.4) is 0 Å². The van der Waals surface area contributed by atoms with Crippen LogP contribution < -0.4 is 5.32 Å². The summed E-state index contributed by atoms with van der Waals surface area (Å²) in [6.07, 6.45) is 3.37. The molecular weight excluding hydrogens is 269 g/mol. The molecule has 2 atom stereocenters. The molecule has 1 aliphatic carbocycles. The van der Waals surface area contributed by atoms with E-state index in [0.29, 0.717) is 23.6 Å². The van der Waals surface area contributed by atoms with Gasteiger partial charge in [0.15, 0.2) is 0 Å². The van der Waals surface area contributed by atoms with Gasteiger partial charge in [-0.2, -0.15) is 0 Å². The summed E-state index contributed by atoms with van der Waals surface area (Å²) in [7, 11) is 0. The molecule has 0 aliphatic heterocycles. The van der Waals surface area contributed by atoms with E-state index < -0.39 is 5.82 Å². The highest BCUT2D eigenvalue weighted by Crippen LogP contribution is 2.32. The molecule has 0 radical (unpaired) electrons. The number of carbonyl (C=O) groups excluding carboxylic acids is 1. The predicted molar refractivity (Wildman–Crippen MR) is 80.1 cm³/mol. The highest BCUT2D eigenvalue weighted by molar-refractivity contribution is 5.94. The average Bonchev–Trinajstić information content (AvgIpc) is 2.88. The number of rotatable bonds is 3. The maximum Gasteiger partial charge on any atom is 0.227 e. The Morgan fingerprint density at radius 1 is 1.48 bits per heavy atom. The minimum atomic E-state index is -0.393. The highest BCUT2D eigenvalue weighted by atomic mass is 19.1. The third kappa shape index (κ3) is 4.05. The van der Waals surface area contributed by atoms with Crippen LogP contribution in [0.5, 0.6) is 0 Å². The molecule has 0 saturated heterocycles. The van der Waals surface area contributed by atoms with Crippen LogP contribution in [0.1, 0.15) is 38.2 Å². The lowest BCUT2D eigenvalue weighted by Crippen LogP contribution is -2.24. The van der Waals surface area contributed by atoms with Crippen molar-refractivity contribution in [3.63, 3.8) is 0 Å². The quantitative estimate of drug-likeness (QED) is 0.841. The summed E-state index contributed by atoms with van der Waals surface area (Å²) in [6, 6.07) is 4.15. The van der Waals surface area contributed by atoms with Crippen LogP contribution in [-0.2, 0) is 4.79 Å². The number of hydrogen-bond donors (Lipinski definition) is 2. The van der Waals surface area contributed by atoms with Crippen molar-refractivity contribution in [2.45, 2.75) is 32.6 Å². The summed E-state index contributed by atoms with van der Waals surface area (Å²) in [5, 5.41) is 11.6. The lowest BCUT2D eigenvalue weighted by Gasteiger charge is -2.16. The van der Waals surface area contributed by atoms with Crippen molar-refractivity contribution in [1.82, 2.24) is 0 Å². The van der Waals surface area contributed by atoms with E-state index in [9.17, 15) is 9.18 Å². The second-order valence-electron chi connectivity index (χ2n) is 5.47. The third-order valence-electron chi connectivity index (χ3n) is 3.90. The normalized spacial score (nSPS) is 20.7. The summed E-state index contributed by atoms with van der Waals surface area (Å²) in [5.74, 6) is 5.55. The first-order valence-electron chi connectivity index (χ1n) is 7.32. The molecule has 1 aliphatic rings. The molecular formula is C17H20FNO2. The van der Waals surface area contributed by atoms with E-state index in [1.54, 1.807) is 0 Å². The van der Waals surface area contributed by atoms with E-state index in [2.05, 4.69) is 24.1 Å². The Labute approximate surface area is 124 Å². The zero-order chi connectivity index (χ0) is 15.2. The first-order chi connectivity index (χ1) is 10.1. The molecule has 1 aromatic carbocycles. The lowest BCUT2D eigenvalue weighted by atomic mass is 9.97. The largest absolute Gasteiger partial charge is 0.395 e. The minimum absolute atomic E-state index is 0.0168. The molecule has 1 amide bonds. The number of halogens is 1. The number of amides is 1. The van der Waals surface area contributed by atoms with Gasteiger partial charge in [0.1, 0.15) is 5.82 Å². The zero-order valence-electron chi connectivity index (χ0n) is 12.2. The number of hydrogen-bond acceptors (Lipinski definition) is 2. The van der Waals surface area contributed by atoms with Gasteiger partial charge in [-0.25, -0.2) is 4.39 Å². The standard InChI is InChI=1S/C17H20FNO2/c1-12-5-4-7-15(12)17(21)19-16-9-8-14(18)11-13(16)6-2-3-10-20/h8-9,11-12,15,20H,3-5,7,10H2,1H3,(H,19,21). The van der Waals surface area contributed by atoms with Crippen molar-refractivity contribution in [2.24, 2.45) is 11.8 Å². The van der Waals surface area contributed by atoms with Crippen LogP contribution >= 0.6 is 0 Å². The highest BCUT2D eigenvalue weighted by Gasteiger charge is 2.29. The van der Waals surface area contributed by atoms with Gasteiger partial charge >= 0.3 is 0 Å². The fraction of sp³-hybridized carbons (Fsp3) is 0.471. The van der Waals surface area contributed by atoms with E-state index in [1.807, 2.05) is 0 Å². The Morgan fingerprint density at radius 3 is 2.95 bits per heavy atom. The fourth-order valence-corrected chi connectivity index (χ4v) is 2.70. The van der Waals surface area contributed by atoms with Crippen LogP contribution in [-0.4, -0.2) is 17.6 Å². The monoisotopic (exact) mass is 289 g/mol. The Bertz CT molecular complexity index is 574. The number of aliphatic hydroxyl groups is 1. The second-order valence-corrected chi connectivity index (χ2v) is 5.47. The fourth-order valence-electron chi connectivity index (χ4n) is 2.70. The molecule has 0 heterocycles. The third-order valence-corrected chi connectivity index (χ3v) is 3.90. The van der Waals surface area contributed by atoms with Gasteiger partial charge in [0.05, 0.1) is 17.9 Å². The van der Waals surface area contributed by atoms with Gasteiger partial charge in [-0.15, -0.1) is 0 Å². The molecule has 4 heteroatoms. The molecule has 1 fully saturated rings. The van der Waals surface area contributed by atoms with Crippen LogP contribution in [0.4, 0.5) is 10.1 Å². The van der Waals surface area contributed by atoms with Crippen molar-refractivity contribution >= 4 is 11.6 Å². The molecule has 1 saturated carbocycles. The molecule has 2 N–H and O–H groups in total. The zero-order valence-corrected chi connectivity index (χ0v) is 12.2. The van der Waals surface area contributed by atoms with Gasteiger partial charge < -0.3 is 10.4 Å². The molecule has 3 nitrogen and oxygen atoms in total. The molecule has 21 heavy (non-hydrogen) atoms. The van der Waals surface area contributed by atoms with Crippen molar-refractivity contribution in [1.29, 1.82) is 0 Å². The van der Waals surface area contributed by atoms with E-state index >= 15 is 0 Å². The summed E-state index contributed by atoms with van der Waals surface area (Å²) >= 11 is 0. The van der Waals surface area contributed by atoms with Gasteiger partial charge in [-0.1, -0.05) is 25.2 Å². The smallest absolute Gasteiger partial charge is 0.227 e. The predicted octanol–water partition coefficient (Wildman–Crippen LogP) is 2.93. The van der Waals surface area contributed by atoms with Crippen molar-refractivity contribution in [3.8, 4) is 11.8 Å². The number of nitrogens with one attached hydrogen (secondary N) is 1. The second kappa shape index (κ2) is 7.24. The maximum absolute atomic E-state index is 13.3. The maximum atomic E-state index is 13.3. The van der Waals surface area contributed by atoms with Crippen LogP contribution in [0.25, 0.3) is 0 Å². The van der Waals surface area contributed by atoms with Crippen molar-refractivity contribution in [3.05, 3.63) is 29.6 Å². The molecule has 2 rings (SSSR count). The van der Waals surface area contributed by atoms with Crippen LogP contribution in [0, 0.1) is 29.5 Å². The Morgan fingerprint density at radius 2 is 2.29 bits per heavy atom. The van der Waals surface area contributed by atoms with E-state index in [4.69, 9.17) is 5.11 Å². The Kier molecular flexibility index (Phi) is 5.35. The average molecular weight is 289 g/mol. The number of aliphatic hydroxyl groups excluding tert-OH is 1. The molecule has 2 unspecified atom stereocenters. The molecule has 0 aromatic heterocycles. The van der Waals surface area contributed by atoms with Crippen molar-refractivity contribution in [2.75, 3.05) is 11.9 Å². The molecule has 112 valence electrons. The summed E-state index contributed by atoms with van der Waals surface area (Å²) < 4.78 is 13.3. The lowest BCUT2D eigenvalue weighted by molar-refractivity contribution is -0.120. The van der Waals surface area contributed by atoms with Crippen LogP contribution in [0.15, 0.2) is 18.2 Å². The number of carbonyl (C=O) groups is 1. The summed E-state index contributed by atoms with van der Waals surface area (Å²) in [6.45, 7) is 2.05. The Balaban J connectivity index is 2.15. The number of anilines is 1. The summed E-state index contributed by atoms with van der Waals surface area (Å²) in [4.78, 5) is 12.3. The SMILES string of the molecule is CC1CCCC1C(=O)Nc1ccc(F)cc1C#CCCO. The van der Waals surface area contributed by atoms with Crippen LogP contribution in [0.2, 0.25) is 0 Å². The molecule has 1 aromatic rings. The minimum Gasteiger partial charge on any atom is -0.395 e. The number of benzene rings is 1. The van der Waals surface area contributed by atoms with Gasteiger partial charge in [-0.3, -0.25) is 4.79 Å². The first-order valence-corrected chi connectivity index (χ1v) is 7.32. The molecule has 0 bridgehead atoms. The van der Waals surface area contributed by atoms with Gasteiger partial charge in [-0.05, 0) is 37.0 Å². The van der Waals surface area contributed by atoms with E-state index in [-0.39, 0.29) is 18.4 Å². The summed E-state index contributed by atoms with van der Waals surface area (Å²) in [5.41, 5.74) is 0.980. The van der Waals surface area contributed by atoms with E-state index in [0.717, 1.165) is 19.3 Å². The van der Waals surface area contributed by atoms with Gasteiger partial charge in [0, 0.05) is 12.3 Å². The first kappa shape index (κ1) is 15.5. The molecule has 0 spiro atoms.